The van der Waals surface area contributed by atoms with Crippen molar-refractivity contribution in [2.45, 2.75) is 20.0 Å². The number of thiazole rings is 1. The van der Waals surface area contributed by atoms with Crippen molar-refractivity contribution in [2.75, 3.05) is 0 Å². The molecule has 14 heavy (non-hydrogen) atoms. The number of aliphatic hydroxyl groups is 1. The molecule has 0 bridgehead atoms. The highest BCUT2D eigenvalue weighted by molar-refractivity contribution is 7.18. The number of halogens is 1. The molecule has 1 atom stereocenters. The van der Waals surface area contributed by atoms with Gasteiger partial charge in [-0.2, -0.15) is 0 Å². The van der Waals surface area contributed by atoms with Crippen molar-refractivity contribution in [2.24, 2.45) is 0 Å². The monoisotopic (exact) mass is 211 g/mol. The molecule has 0 spiro atoms. The van der Waals surface area contributed by atoms with Crippen molar-refractivity contribution in [1.82, 2.24) is 4.98 Å². The average Bonchev–Trinajstić information content (AvgIpc) is 2.42. The first-order valence-electron chi connectivity index (χ1n) is 4.32. The first kappa shape index (κ1) is 9.55. The summed E-state index contributed by atoms with van der Waals surface area (Å²) in [4.78, 5) is 4.24. The summed E-state index contributed by atoms with van der Waals surface area (Å²) in [5, 5.41) is 10.2. The van der Waals surface area contributed by atoms with Crippen molar-refractivity contribution >= 4 is 21.6 Å². The molecule has 0 radical (unpaired) electrons. The van der Waals surface area contributed by atoms with Gasteiger partial charge < -0.3 is 5.11 Å². The van der Waals surface area contributed by atoms with Crippen molar-refractivity contribution in [3.8, 4) is 0 Å². The number of rotatable bonds is 1. The molecule has 2 nitrogen and oxygen atoms in total. The fraction of sp³-hybridized carbons (Fsp3) is 0.300. The Morgan fingerprint density at radius 1 is 1.50 bits per heavy atom. The molecular weight excluding hydrogens is 201 g/mol. The highest BCUT2D eigenvalue weighted by Gasteiger charge is 2.11. The Balaban J connectivity index is 2.70. The van der Waals surface area contributed by atoms with E-state index in [1.165, 1.54) is 17.4 Å². The lowest BCUT2D eigenvalue weighted by molar-refractivity contribution is 0.194. The van der Waals surface area contributed by atoms with Crippen LogP contribution in [0.15, 0.2) is 12.1 Å². The zero-order valence-electron chi connectivity index (χ0n) is 7.91. The molecule has 74 valence electrons. The summed E-state index contributed by atoms with van der Waals surface area (Å²) in [7, 11) is 0. The number of fused-ring (bicyclic) bond motifs is 1. The van der Waals surface area contributed by atoms with E-state index in [-0.39, 0.29) is 5.82 Å². The van der Waals surface area contributed by atoms with Crippen LogP contribution in [-0.4, -0.2) is 10.1 Å². The molecule has 2 aromatic rings. The Hall–Kier alpha value is -1.00. The normalized spacial score (nSPS) is 13.4. The number of aromatic nitrogens is 1. The van der Waals surface area contributed by atoms with Gasteiger partial charge in [-0.1, -0.05) is 0 Å². The lowest BCUT2D eigenvalue weighted by atomic mass is 10.1. The zero-order chi connectivity index (χ0) is 10.3. The smallest absolute Gasteiger partial charge is 0.130 e. The summed E-state index contributed by atoms with van der Waals surface area (Å²) in [6, 6.07) is 3.04. The lowest BCUT2D eigenvalue weighted by Gasteiger charge is -2.05. The molecule has 0 aliphatic heterocycles. The molecule has 0 saturated heterocycles. The largest absolute Gasteiger partial charge is 0.389 e. The fourth-order valence-electron chi connectivity index (χ4n) is 1.40. The van der Waals surface area contributed by atoms with Gasteiger partial charge in [0, 0.05) is 5.56 Å². The maximum Gasteiger partial charge on any atom is 0.130 e. The van der Waals surface area contributed by atoms with Crippen LogP contribution in [0.1, 0.15) is 23.6 Å². The maximum absolute atomic E-state index is 13.4. The summed E-state index contributed by atoms with van der Waals surface area (Å²) >= 11 is 1.45. The third-order valence-corrected chi connectivity index (χ3v) is 3.00. The van der Waals surface area contributed by atoms with Crippen LogP contribution in [0.5, 0.6) is 0 Å². The van der Waals surface area contributed by atoms with Crippen LogP contribution in [0, 0.1) is 12.7 Å². The average molecular weight is 211 g/mol. The minimum Gasteiger partial charge on any atom is -0.389 e. The third-order valence-electron chi connectivity index (χ3n) is 2.06. The second kappa shape index (κ2) is 3.29. The van der Waals surface area contributed by atoms with Crippen molar-refractivity contribution in [3.63, 3.8) is 0 Å². The van der Waals surface area contributed by atoms with Gasteiger partial charge in [-0.25, -0.2) is 9.37 Å². The van der Waals surface area contributed by atoms with E-state index in [1.54, 1.807) is 13.0 Å². The van der Waals surface area contributed by atoms with E-state index in [4.69, 9.17) is 0 Å². The minimum absolute atomic E-state index is 0.308. The number of benzene rings is 1. The van der Waals surface area contributed by atoms with Gasteiger partial charge in [0.15, 0.2) is 0 Å². The van der Waals surface area contributed by atoms with Gasteiger partial charge in [0.05, 0.1) is 21.3 Å². The Kier molecular flexibility index (Phi) is 2.25. The van der Waals surface area contributed by atoms with E-state index < -0.39 is 6.10 Å². The first-order valence-corrected chi connectivity index (χ1v) is 5.14. The molecule has 0 unspecified atom stereocenters. The predicted molar refractivity (Wildman–Crippen MR) is 54.9 cm³/mol. The quantitative estimate of drug-likeness (QED) is 0.786. The molecule has 1 aromatic heterocycles. The van der Waals surface area contributed by atoms with Crippen LogP contribution < -0.4 is 0 Å². The molecule has 4 heteroatoms. The highest BCUT2D eigenvalue weighted by atomic mass is 32.1. The standard InChI is InChI=1S/C10H10FNOS/c1-5(13)7-3-9-10(4-8(7)11)14-6(2)12-9/h3-5,13H,1-2H3/t5-/m0/s1. The minimum atomic E-state index is -0.790. The van der Waals surface area contributed by atoms with Gasteiger partial charge in [-0.05, 0) is 26.0 Å². The third kappa shape index (κ3) is 1.51. The second-order valence-corrected chi connectivity index (χ2v) is 4.49. The van der Waals surface area contributed by atoms with Crippen molar-refractivity contribution in [1.29, 1.82) is 0 Å². The molecule has 2 rings (SSSR count). The number of aliphatic hydroxyl groups excluding tert-OH is 1. The van der Waals surface area contributed by atoms with Gasteiger partial charge in [0.25, 0.3) is 0 Å². The van der Waals surface area contributed by atoms with Crippen LogP contribution in [0.3, 0.4) is 0 Å². The molecule has 1 aromatic carbocycles. The van der Waals surface area contributed by atoms with Gasteiger partial charge >= 0.3 is 0 Å². The molecule has 0 fully saturated rings. The highest BCUT2D eigenvalue weighted by Crippen LogP contribution is 2.27. The molecule has 0 aliphatic rings. The Labute approximate surface area is 85.0 Å². The summed E-state index contributed by atoms with van der Waals surface area (Å²) in [6.45, 7) is 3.42. The second-order valence-electron chi connectivity index (χ2n) is 3.25. The number of nitrogens with zero attached hydrogens (tertiary/aromatic N) is 1. The van der Waals surface area contributed by atoms with E-state index in [0.717, 1.165) is 15.2 Å². The summed E-state index contributed by atoms with van der Waals surface area (Å²) in [5.41, 5.74) is 1.06. The van der Waals surface area contributed by atoms with E-state index in [1.807, 2.05) is 6.92 Å². The molecule has 0 aliphatic carbocycles. The van der Waals surface area contributed by atoms with Crippen molar-refractivity contribution < 1.29 is 9.50 Å². The Morgan fingerprint density at radius 2 is 2.21 bits per heavy atom. The van der Waals surface area contributed by atoms with E-state index >= 15 is 0 Å². The van der Waals surface area contributed by atoms with Crippen molar-refractivity contribution in [3.05, 3.63) is 28.5 Å². The van der Waals surface area contributed by atoms with E-state index in [2.05, 4.69) is 4.98 Å². The Bertz CT molecular complexity index is 478. The maximum atomic E-state index is 13.4. The molecule has 0 amide bonds. The van der Waals surface area contributed by atoms with E-state index in [0.29, 0.717) is 5.56 Å². The lowest BCUT2D eigenvalue weighted by Crippen LogP contribution is -1.95. The first-order chi connectivity index (χ1) is 6.58. The van der Waals surface area contributed by atoms with Gasteiger partial charge in [-0.3, -0.25) is 0 Å². The molecular formula is C10H10FNOS. The zero-order valence-corrected chi connectivity index (χ0v) is 8.73. The van der Waals surface area contributed by atoms with Gasteiger partial charge in [-0.15, -0.1) is 11.3 Å². The van der Waals surface area contributed by atoms with Crippen LogP contribution in [0.4, 0.5) is 4.39 Å². The van der Waals surface area contributed by atoms with Crippen LogP contribution in [0.25, 0.3) is 10.2 Å². The fourth-order valence-corrected chi connectivity index (χ4v) is 2.23. The number of hydrogen-bond acceptors (Lipinski definition) is 3. The summed E-state index contributed by atoms with van der Waals surface area (Å²) in [5.74, 6) is -0.365. The van der Waals surface area contributed by atoms with Crippen LogP contribution >= 0.6 is 11.3 Å². The topological polar surface area (TPSA) is 33.1 Å². The summed E-state index contributed by atoms with van der Waals surface area (Å²) < 4.78 is 14.2. The predicted octanol–water partition coefficient (Wildman–Crippen LogP) is 2.80. The van der Waals surface area contributed by atoms with Crippen LogP contribution in [-0.2, 0) is 0 Å². The van der Waals surface area contributed by atoms with E-state index in [9.17, 15) is 9.50 Å². The SMILES string of the molecule is Cc1nc2cc([C@H](C)O)c(F)cc2s1. The Morgan fingerprint density at radius 3 is 2.86 bits per heavy atom. The van der Waals surface area contributed by atoms with Gasteiger partial charge in [0.2, 0.25) is 0 Å². The molecule has 1 heterocycles. The summed E-state index contributed by atoms with van der Waals surface area (Å²) in [6.07, 6.45) is -0.790. The number of hydrogen-bond donors (Lipinski definition) is 1. The molecule has 0 saturated carbocycles. The van der Waals surface area contributed by atoms with Crippen LogP contribution in [0.2, 0.25) is 0 Å². The number of aryl methyl sites for hydroxylation is 1. The van der Waals surface area contributed by atoms with Gasteiger partial charge in [0.1, 0.15) is 5.82 Å². The molecule has 1 N–H and O–H groups in total.